The molecule has 0 unspecified atom stereocenters. The molecule has 0 heterocycles. The topological polar surface area (TPSA) is 12.5 Å². The molecule has 0 aliphatic rings. The molecule has 92 valence electrons. The molecule has 0 fully saturated rings. The molecule has 3 heteroatoms. The van der Waals surface area contributed by atoms with E-state index in [9.17, 15) is 4.39 Å². The maximum atomic E-state index is 13.1. The molecule has 0 saturated heterocycles. The van der Waals surface area contributed by atoms with Crippen LogP contribution in [0.1, 0.15) is 19.4 Å². The van der Waals surface area contributed by atoms with Gasteiger partial charge in [-0.25, -0.2) is 4.39 Å². The first-order chi connectivity index (χ1) is 8.21. The number of halogens is 1. The highest BCUT2D eigenvalue weighted by Crippen LogP contribution is 2.17. The Hall–Kier alpha value is -1.53. The molecule has 0 atom stereocenters. The van der Waals surface area contributed by atoms with E-state index in [1.54, 1.807) is 13.2 Å². The van der Waals surface area contributed by atoms with Crippen molar-refractivity contribution in [2.24, 2.45) is 0 Å². The van der Waals surface area contributed by atoms with Gasteiger partial charge in [-0.3, -0.25) is 4.90 Å². The predicted octanol–water partition coefficient (Wildman–Crippen LogP) is 2.53. The molecule has 0 aliphatic carbocycles. The van der Waals surface area contributed by atoms with E-state index in [4.69, 9.17) is 4.74 Å². The van der Waals surface area contributed by atoms with Gasteiger partial charge in [0.25, 0.3) is 0 Å². The summed E-state index contributed by atoms with van der Waals surface area (Å²) in [6.45, 7) is 6.80. The highest BCUT2D eigenvalue weighted by atomic mass is 19.1. The average Bonchev–Trinajstić information content (AvgIpc) is 2.35. The van der Waals surface area contributed by atoms with Crippen molar-refractivity contribution >= 4 is 0 Å². The van der Waals surface area contributed by atoms with Gasteiger partial charge in [0.2, 0.25) is 0 Å². The van der Waals surface area contributed by atoms with Gasteiger partial charge < -0.3 is 4.74 Å². The standard InChI is InChI=1S/C14H18FNO/c1-4-16(5-2)10-6-7-12-11-13(15)8-9-14(12)17-3/h8-9,11H,4-5,10H2,1-3H3. The molecule has 0 saturated carbocycles. The maximum absolute atomic E-state index is 13.1. The van der Waals surface area contributed by atoms with Crippen LogP contribution in [0.5, 0.6) is 5.75 Å². The Morgan fingerprint density at radius 1 is 1.29 bits per heavy atom. The zero-order valence-electron chi connectivity index (χ0n) is 10.6. The van der Waals surface area contributed by atoms with Gasteiger partial charge in [0.15, 0.2) is 0 Å². The summed E-state index contributed by atoms with van der Waals surface area (Å²) in [6, 6.07) is 4.36. The van der Waals surface area contributed by atoms with Crippen LogP contribution in [0.2, 0.25) is 0 Å². The molecule has 0 amide bonds. The Balaban J connectivity index is 2.80. The molecular formula is C14H18FNO. The van der Waals surface area contributed by atoms with Crippen molar-refractivity contribution in [3.63, 3.8) is 0 Å². The molecule has 2 nitrogen and oxygen atoms in total. The fourth-order valence-corrected chi connectivity index (χ4v) is 1.47. The number of hydrogen-bond acceptors (Lipinski definition) is 2. The Bertz CT molecular complexity index is 416. The van der Waals surface area contributed by atoms with E-state index in [1.165, 1.54) is 12.1 Å². The van der Waals surface area contributed by atoms with Crippen molar-refractivity contribution in [2.45, 2.75) is 13.8 Å². The molecule has 0 aliphatic heterocycles. The normalized spacial score (nSPS) is 9.94. The Labute approximate surface area is 102 Å². The van der Waals surface area contributed by atoms with Crippen LogP contribution in [0, 0.1) is 17.7 Å². The quantitative estimate of drug-likeness (QED) is 0.744. The van der Waals surface area contributed by atoms with Gasteiger partial charge in [-0.05, 0) is 31.3 Å². The van der Waals surface area contributed by atoms with E-state index in [-0.39, 0.29) is 5.82 Å². The van der Waals surface area contributed by atoms with E-state index in [0.29, 0.717) is 17.9 Å². The molecule has 0 aromatic heterocycles. The molecule has 0 spiro atoms. The van der Waals surface area contributed by atoms with E-state index in [2.05, 4.69) is 30.6 Å². The smallest absolute Gasteiger partial charge is 0.134 e. The first-order valence-electron chi connectivity index (χ1n) is 5.76. The number of nitrogens with zero attached hydrogens (tertiary/aromatic N) is 1. The summed E-state index contributed by atoms with van der Waals surface area (Å²) in [4.78, 5) is 2.19. The number of benzene rings is 1. The van der Waals surface area contributed by atoms with Crippen LogP contribution < -0.4 is 4.74 Å². The molecular weight excluding hydrogens is 217 g/mol. The predicted molar refractivity (Wildman–Crippen MR) is 67.6 cm³/mol. The summed E-state index contributed by atoms with van der Waals surface area (Å²) in [5.74, 6) is 6.30. The number of ether oxygens (including phenoxy) is 1. The van der Waals surface area contributed by atoms with Crippen LogP contribution in [0.15, 0.2) is 18.2 Å². The fraction of sp³-hybridized carbons (Fsp3) is 0.429. The summed E-state index contributed by atoms with van der Waals surface area (Å²) in [5.41, 5.74) is 0.597. The molecule has 0 radical (unpaired) electrons. The van der Waals surface area contributed by atoms with E-state index < -0.39 is 0 Å². The largest absolute Gasteiger partial charge is 0.495 e. The maximum Gasteiger partial charge on any atom is 0.134 e. The van der Waals surface area contributed by atoms with Crippen molar-refractivity contribution < 1.29 is 9.13 Å². The lowest BCUT2D eigenvalue weighted by atomic mass is 10.2. The number of methoxy groups -OCH3 is 1. The van der Waals surface area contributed by atoms with E-state index in [1.807, 2.05) is 0 Å². The van der Waals surface area contributed by atoms with Crippen molar-refractivity contribution in [3.8, 4) is 17.6 Å². The van der Waals surface area contributed by atoms with Gasteiger partial charge in [-0.1, -0.05) is 25.7 Å². The summed E-state index contributed by atoms with van der Waals surface area (Å²) in [6.07, 6.45) is 0. The van der Waals surface area contributed by atoms with Crippen molar-refractivity contribution in [2.75, 3.05) is 26.7 Å². The Morgan fingerprint density at radius 3 is 2.59 bits per heavy atom. The monoisotopic (exact) mass is 235 g/mol. The SMILES string of the molecule is CCN(CC)CC#Cc1cc(F)ccc1OC. The second kappa shape index (κ2) is 6.93. The highest BCUT2D eigenvalue weighted by Gasteiger charge is 2.01. The minimum absolute atomic E-state index is 0.294. The zero-order valence-corrected chi connectivity index (χ0v) is 10.6. The lowest BCUT2D eigenvalue weighted by Gasteiger charge is -2.13. The number of rotatable bonds is 4. The van der Waals surface area contributed by atoms with Gasteiger partial charge in [-0.2, -0.15) is 0 Å². The Morgan fingerprint density at radius 2 is 2.00 bits per heavy atom. The van der Waals surface area contributed by atoms with Gasteiger partial charge in [0.05, 0.1) is 19.2 Å². The summed E-state index contributed by atoms with van der Waals surface area (Å²) >= 11 is 0. The second-order valence-electron chi connectivity index (χ2n) is 3.61. The third-order valence-electron chi connectivity index (χ3n) is 2.58. The zero-order chi connectivity index (χ0) is 12.7. The minimum atomic E-state index is -0.294. The van der Waals surface area contributed by atoms with Crippen molar-refractivity contribution in [3.05, 3.63) is 29.6 Å². The van der Waals surface area contributed by atoms with E-state index >= 15 is 0 Å². The first-order valence-corrected chi connectivity index (χ1v) is 5.76. The first kappa shape index (κ1) is 13.5. The molecule has 1 aromatic carbocycles. The molecule has 17 heavy (non-hydrogen) atoms. The van der Waals surface area contributed by atoms with Crippen LogP contribution in [0.25, 0.3) is 0 Å². The van der Waals surface area contributed by atoms with Crippen molar-refractivity contribution in [1.82, 2.24) is 4.90 Å². The minimum Gasteiger partial charge on any atom is -0.495 e. The molecule has 1 aromatic rings. The van der Waals surface area contributed by atoms with Gasteiger partial charge in [0, 0.05) is 0 Å². The summed E-state index contributed by atoms with van der Waals surface area (Å²) in [5, 5.41) is 0. The lowest BCUT2D eigenvalue weighted by molar-refractivity contribution is 0.342. The van der Waals surface area contributed by atoms with Gasteiger partial charge in [0.1, 0.15) is 11.6 Å². The fourth-order valence-electron chi connectivity index (χ4n) is 1.47. The van der Waals surface area contributed by atoms with Crippen LogP contribution in [-0.4, -0.2) is 31.6 Å². The van der Waals surface area contributed by atoms with Gasteiger partial charge in [-0.15, -0.1) is 0 Å². The van der Waals surface area contributed by atoms with Gasteiger partial charge >= 0.3 is 0 Å². The van der Waals surface area contributed by atoms with Crippen molar-refractivity contribution in [1.29, 1.82) is 0 Å². The third kappa shape index (κ3) is 4.08. The molecule has 0 N–H and O–H groups in total. The highest BCUT2D eigenvalue weighted by molar-refractivity contribution is 5.46. The Kier molecular flexibility index (Phi) is 5.51. The average molecular weight is 235 g/mol. The van der Waals surface area contributed by atoms with Crippen LogP contribution in [-0.2, 0) is 0 Å². The third-order valence-corrected chi connectivity index (χ3v) is 2.58. The van der Waals surface area contributed by atoms with Crippen LogP contribution in [0.3, 0.4) is 0 Å². The summed E-state index contributed by atoms with van der Waals surface area (Å²) < 4.78 is 18.2. The summed E-state index contributed by atoms with van der Waals surface area (Å²) in [7, 11) is 1.56. The van der Waals surface area contributed by atoms with E-state index in [0.717, 1.165) is 13.1 Å². The van der Waals surface area contributed by atoms with Crippen LogP contribution in [0.4, 0.5) is 4.39 Å². The second-order valence-corrected chi connectivity index (χ2v) is 3.61. The van der Waals surface area contributed by atoms with Crippen LogP contribution >= 0.6 is 0 Å². The molecule has 0 bridgehead atoms. The molecule has 1 rings (SSSR count). The number of hydrogen-bond donors (Lipinski definition) is 0. The lowest BCUT2D eigenvalue weighted by Crippen LogP contribution is -2.22.